The van der Waals surface area contributed by atoms with Gasteiger partial charge in [0.2, 0.25) is 0 Å². The van der Waals surface area contributed by atoms with E-state index in [9.17, 15) is 18.0 Å². The van der Waals surface area contributed by atoms with Crippen molar-refractivity contribution in [3.63, 3.8) is 0 Å². The van der Waals surface area contributed by atoms with E-state index in [1.165, 1.54) is 0 Å². The zero-order valence-electron chi connectivity index (χ0n) is 6.88. The maximum absolute atomic E-state index is 11.7. The number of halogens is 3. The standard InChI is InChI=1S/C6H10F3NO3/c1-10(5(12)13)3-2-4(11)6(7,8)9/h4,11H,2-3H2,1H3,(H,12,13)/t4-/m1/s1. The Balaban J connectivity index is 3.83. The van der Waals surface area contributed by atoms with Crippen LogP contribution in [0.1, 0.15) is 6.42 Å². The number of hydrogen-bond donors (Lipinski definition) is 2. The molecule has 0 aromatic rings. The zero-order valence-corrected chi connectivity index (χ0v) is 6.88. The Labute approximate surface area is 72.6 Å². The second kappa shape index (κ2) is 4.31. The molecule has 13 heavy (non-hydrogen) atoms. The number of amides is 1. The summed E-state index contributed by atoms with van der Waals surface area (Å²) in [7, 11) is 1.13. The Morgan fingerprint density at radius 3 is 2.31 bits per heavy atom. The van der Waals surface area contributed by atoms with E-state index in [4.69, 9.17) is 10.2 Å². The predicted octanol–water partition coefficient (Wildman–Crippen LogP) is 0.909. The summed E-state index contributed by atoms with van der Waals surface area (Å²) in [4.78, 5) is 10.8. The van der Waals surface area contributed by atoms with Gasteiger partial charge in [0.15, 0.2) is 6.10 Å². The normalized spacial score (nSPS) is 13.9. The lowest BCUT2D eigenvalue weighted by Crippen LogP contribution is -2.34. The van der Waals surface area contributed by atoms with Crippen LogP contribution < -0.4 is 0 Å². The fraction of sp³-hybridized carbons (Fsp3) is 0.833. The van der Waals surface area contributed by atoms with E-state index < -0.39 is 24.8 Å². The first kappa shape index (κ1) is 12.0. The third-order valence-corrected chi connectivity index (χ3v) is 1.44. The van der Waals surface area contributed by atoms with E-state index in [0.717, 1.165) is 7.05 Å². The average molecular weight is 201 g/mol. The number of aliphatic hydroxyl groups is 1. The molecule has 0 aliphatic carbocycles. The molecule has 0 saturated carbocycles. The SMILES string of the molecule is CN(CC[C@@H](O)C(F)(F)F)C(=O)O. The lowest BCUT2D eigenvalue weighted by atomic mass is 10.2. The topological polar surface area (TPSA) is 60.8 Å². The summed E-state index contributed by atoms with van der Waals surface area (Å²) < 4.78 is 35.1. The van der Waals surface area contributed by atoms with E-state index in [1.807, 2.05) is 0 Å². The number of alkyl halides is 3. The molecule has 7 heteroatoms. The van der Waals surface area contributed by atoms with Crippen LogP contribution in [0.5, 0.6) is 0 Å². The molecule has 4 nitrogen and oxygen atoms in total. The van der Waals surface area contributed by atoms with Crippen LogP contribution >= 0.6 is 0 Å². The number of carboxylic acid groups (broad SMARTS) is 1. The van der Waals surface area contributed by atoms with E-state index in [2.05, 4.69) is 0 Å². The van der Waals surface area contributed by atoms with Gasteiger partial charge < -0.3 is 15.1 Å². The summed E-state index contributed by atoms with van der Waals surface area (Å²) in [6, 6.07) is 0. The average Bonchev–Trinajstić information content (AvgIpc) is 1.97. The molecule has 0 heterocycles. The van der Waals surface area contributed by atoms with Gasteiger partial charge in [0.1, 0.15) is 0 Å². The molecule has 0 aliphatic rings. The summed E-state index contributed by atoms with van der Waals surface area (Å²) >= 11 is 0. The van der Waals surface area contributed by atoms with Crippen molar-refractivity contribution in [1.29, 1.82) is 0 Å². The van der Waals surface area contributed by atoms with Gasteiger partial charge in [-0.25, -0.2) is 4.79 Å². The molecule has 0 fully saturated rings. The Morgan fingerprint density at radius 1 is 1.54 bits per heavy atom. The van der Waals surface area contributed by atoms with Gasteiger partial charge in [0.05, 0.1) is 0 Å². The quantitative estimate of drug-likeness (QED) is 0.713. The third kappa shape index (κ3) is 4.56. The highest BCUT2D eigenvalue weighted by Gasteiger charge is 2.37. The smallest absolute Gasteiger partial charge is 0.414 e. The third-order valence-electron chi connectivity index (χ3n) is 1.44. The first-order chi connectivity index (χ1) is 5.75. The molecule has 1 amide bonds. The molecular formula is C6H10F3NO3. The molecule has 2 N–H and O–H groups in total. The molecule has 0 aliphatic heterocycles. The van der Waals surface area contributed by atoms with E-state index in [0.29, 0.717) is 4.90 Å². The van der Waals surface area contributed by atoms with Crippen molar-refractivity contribution in [3.05, 3.63) is 0 Å². The van der Waals surface area contributed by atoms with Crippen molar-refractivity contribution in [3.8, 4) is 0 Å². The van der Waals surface area contributed by atoms with Gasteiger partial charge in [-0.15, -0.1) is 0 Å². The molecule has 1 atom stereocenters. The van der Waals surface area contributed by atoms with Gasteiger partial charge >= 0.3 is 12.3 Å². The van der Waals surface area contributed by atoms with Gasteiger partial charge in [-0.3, -0.25) is 0 Å². The summed E-state index contributed by atoms with van der Waals surface area (Å²) in [5.74, 6) is 0. The van der Waals surface area contributed by atoms with E-state index >= 15 is 0 Å². The van der Waals surface area contributed by atoms with Crippen LogP contribution in [0.2, 0.25) is 0 Å². The first-order valence-electron chi connectivity index (χ1n) is 3.44. The molecule has 0 unspecified atom stereocenters. The fourth-order valence-electron chi connectivity index (χ4n) is 0.575. The summed E-state index contributed by atoms with van der Waals surface area (Å²) in [6.45, 7) is -0.351. The Morgan fingerprint density at radius 2 is 2.00 bits per heavy atom. The number of carbonyl (C=O) groups is 1. The lowest BCUT2D eigenvalue weighted by Gasteiger charge is -2.17. The van der Waals surface area contributed by atoms with E-state index in [-0.39, 0.29) is 6.54 Å². The summed E-state index contributed by atoms with van der Waals surface area (Å²) in [5.41, 5.74) is 0. The largest absolute Gasteiger partial charge is 0.465 e. The Kier molecular flexibility index (Phi) is 3.99. The minimum Gasteiger partial charge on any atom is -0.465 e. The van der Waals surface area contributed by atoms with Gasteiger partial charge in [0.25, 0.3) is 0 Å². The molecule has 0 saturated heterocycles. The summed E-state index contributed by atoms with van der Waals surface area (Å²) in [6.07, 6.45) is -9.12. The van der Waals surface area contributed by atoms with Crippen LogP contribution in [0.4, 0.5) is 18.0 Å². The van der Waals surface area contributed by atoms with Crippen molar-refractivity contribution in [1.82, 2.24) is 4.90 Å². The molecule has 0 radical (unpaired) electrons. The van der Waals surface area contributed by atoms with Crippen molar-refractivity contribution in [2.24, 2.45) is 0 Å². The maximum Gasteiger partial charge on any atom is 0.414 e. The van der Waals surface area contributed by atoms with Gasteiger partial charge in [-0.1, -0.05) is 0 Å². The maximum atomic E-state index is 11.7. The number of hydrogen-bond acceptors (Lipinski definition) is 2. The van der Waals surface area contributed by atoms with Crippen molar-refractivity contribution < 1.29 is 28.2 Å². The van der Waals surface area contributed by atoms with Gasteiger partial charge in [0, 0.05) is 13.6 Å². The molecule has 0 aromatic carbocycles. The molecule has 0 spiro atoms. The molecular weight excluding hydrogens is 191 g/mol. The lowest BCUT2D eigenvalue weighted by molar-refractivity contribution is -0.205. The second-order valence-corrected chi connectivity index (χ2v) is 2.55. The van der Waals surface area contributed by atoms with Crippen LogP contribution in [-0.2, 0) is 0 Å². The minimum atomic E-state index is -4.68. The monoisotopic (exact) mass is 201 g/mol. The van der Waals surface area contributed by atoms with Crippen molar-refractivity contribution in [2.45, 2.75) is 18.7 Å². The van der Waals surface area contributed by atoms with Crippen LogP contribution in [0.15, 0.2) is 0 Å². The number of aliphatic hydroxyl groups excluding tert-OH is 1. The zero-order chi connectivity index (χ0) is 10.6. The highest BCUT2D eigenvalue weighted by Crippen LogP contribution is 2.22. The molecule has 0 aromatic heterocycles. The predicted molar refractivity (Wildman–Crippen MR) is 37.3 cm³/mol. The highest BCUT2D eigenvalue weighted by molar-refractivity contribution is 5.64. The first-order valence-corrected chi connectivity index (χ1v) is 3.44. The van der Waals surface area contributed by atoms with Crippen molar-refractivity contribution >= 4 is 6.09 Å². The summed E-state index contributed by atoms with van der Waals surface area (Å²) in [5, 5.41) is 16.7. The van der Waals surface area contributed by atoms with Crippen molar-refractivity contribution in [2.75, 3.05) is 13.6 Å². The van der Waals surface area contributed by atoms with Crippen LogP contribution in [-0.4, -0.2) is 47.1 Å². The fourth-order valence-corrected chi connectivity index (χ4v) is 0.575. The molecule has 0 rings (SSSR count). The molecule has 78 valence electrons. The Hall–Kier alpha value is -0.980. The van der Waals surface area contributed by atoms with Gasteiger partial charge in [-0.2, -0.15) is 13.2 Å². The number of nitrogens with zero attached hydrogens (tertiary/aromatic N) is 1. The molecule has 0 bridgehead atoms. The van der Waals surface area contributed by atoms with Crippen LogP contribution in [0.25, 0.3) is 0 Å². The van der Waals surface area contributed by atoms with Gasteiger partial charge in [-0.05, 0) is 6.42 Å². The van der Waals surface area contributed by atoms with Crippen LogP contribution in [0, 0.1) is 0 Å². The Bertz CT molecular complexity index is 182. The highest BCUT2D eigenvalue weighted by atomic mass is 19.4. The minimum absolute atomic E-state index is 0.351. The second-order valence-electron chi connectivity index (χ2n) is 2.55. The van der Waals surface area contributed by atoms with E-state index in [1.54, 1.807) is 0 Å². The number of rotatable bonds is 3. The van der Waals surface area contributed by atoms with Crippen LogP contribution in [0.3, 0.4) is 0 Å².